The van der Waals surface area contributed by atoms with Gasteiger partial charge in [0, 0.05) is 18.8 Å². The molecule has 7 nitrogen and oxygen atoms in total. The first-order chi connectivity index (χ1) is 15.1. The van der Waals surface area contributed by atoms with Crippen molar-refractivity contribution in [3.63, 3.8) is 0 Å². The predicted molar refractivity (Wildman–Crippen MR) is 117 cm³/mol. The van der Waals surface area contributed by atoms with Gasteiger partial charge in [0.05, 0.1) is 13.7 Å². The number of carbonyl (C=O) groups excluding carboxylic acids is 1. The fourth-order valence-electron chi connectivity index (χ4n) is 2.75. The third-order valence-electron chi connectivity index (χ3n) is 4.36. The molecule has 7 heteroatoms. The Hall–Kier alpha value is -3.74. The molecule has 0 radical (unpaired) electrons. The van der Waals surface area contributed by atoms with Gasteiger partial charge in [-0.2, -0.15) is 0 Å². The number of aromatic nitrogens is 1. The van der Waals surface area contributed by atoms with E-state index < -0.39 is 6.10 Å². The van der Waals surface area contributed by atoms with Gasteiger partial charge in [-0.3, -0.25) is 4.79 Å². The predicted octanol–water partition coefficient (Wildman–Crippen LogP) is 4.36. The van der Waals surface area contributed by atoms with E-state index in [2.05, 4.69) is 10.3 Å². The Bertz CT molecular complexity index is 974. The minimum Gasteiger partial charge on any atom is -0.497 e. The van der Waals surface area contributed by atoms with Gasteiger partial charge in [-0.25, -0.2) is 4.98 Å². The number of carbonyl (C=O) groups is 1. The minimum absolute atomic E-state index is 0.221. The molecular weight excluding hydrogens is 396 g/mol. The highest BCUT2D eigenvalue weighted by Gasteiger charge is 2.14. The van der Waals surface area contributed by atoms with Crippen LogP contribution in [-0.2, 0) is 11.3 Å². The Morgan fingerprint density at radius 1 is 0.968 bits per heavy atom. The van der Waals surface area contributed by atoms with E-state index in [9.17, 15) is 4.79 Å². The quantitative estimate of drug-likeness (QED) is 0.523. The molecule has 3 rings (SSSR count). The summed E-state index contributed by atoms with van der Waals surface area (Å²) in [6.45, 7) is 4.58. The van der Waals surface area contributed by atoms with Crippen molar-refractivity contribution in [2.75, 3.05) is 13.7 Å². The first-order valence-corrected chi connectivity index (χ1v) is 10.0. The van der Waals surface area contributed by atoms with Crippen LogP contribution in [0.4, 0.5) is 0 Å². The normalized spacial score (nSPS) is 11.3. The Kier molecular flexibility index (Phi) is 7.70. The van der Waals surface area contributed by atoms with Gasteiger partial charge < -0.3 is 24.3 Å². The molecule has 1 amide bonds. The number of rotatable bonds is 10. The highest BCUT2D eigenvalue weighted by molar-refractivity contribution is 5.80. The second-order valence-corrected chi connectivity index (χ2v) is 6.66. The molecule has 0 aliphatic heterocycles. The van der Waals surface area contributed by atoms with Crippen molar-refractivity contribution in [1.29, 1.82) is 0 Å². The van der Waals surface area contributed by atoms with Crippen LogP contribution in [0, 0.1) is 0 Å². The molecule has 0 saturated heterocycles. The van der Waals surface area contributed by atoms with E-state index in [4.69, 9.17) is 18.9 Å². The van der Waals surface area contributed by atoms with Crippen molar-refractivity contribution in [3.8, 4) is 28.9 Å². The van der Waals surface area contributed by atoms with Crippen molar-refractivity contribution in [3.05, 3.63) is 72.4 Å². The van der Waals surface area contributed by atoms with Crippen molar-refractivity contribution in [2.45, 2.75) is 26.5 Å². The fraction of sp³-hybridized carbons (Fsp3) is 0.250. The van der Waals surface area contributed by atoms with E-state index in [1.54, 1.807) is 50.6 Å². The zero-order chi connectivity index (χ0) is 22.1. The maximum absolute atomic E-state index is 12.4. The monoisotopic (exact) mass is 422 g/mol. The van der Waals surface area contributed by atoms with Crippen molar-refractivity contribution in [1.82, 2.24) is 10.3 Å². The van der Waals surface area contributed by atoms with Gasteiger partial charge in [-0.15, -0.1) is 0 Å². The van der Waals surface area contributed by atoms with Crippen LogP contribution in [0.3, 0.4) is 0 Å². The SMILES string of the molecule is CCOc1ccc(Oc2cc(CNC(=O)C(C)Oc3ccc(OC)cc3)ccn2)cc1. The molecule has 0 aliphatic rings. The molecule has 0 saturated carbocycles. The molecule has 2 aromatic carbocycles. The minimum atomic E-state index is -0.644. The fourth-order valence-corrected chi connectivity index (χ4v) is 2.75. The lowest BCUT2D eigenvalue weighted by atomic mass is 10.2. The standard InChI is InChI=1S/C24H26N2O5/c1-4-29-20-7-11-22(12-8-20)31-23-15-18(13-14-25-23)16-26-24(27)17(2)30-21-9-5-19(28-3)6-10-21/h5-15,17H,4,16H2,1-3H3,(H,26,27). The zero-order valence-electron chi connectivity index (χ0n) is 17.8. The molecular formula is C24H26N2O5. The van der Waals surface area contributed by atoms with Crippen LogP contribution in [0.15, 0.2) is 66.9 Å². The van der Waals surface area contributed by atoms with E-state index in [0.29, 0.717) is 30.5 Å². The highest BCUT2D eigenvalue weighted by Crippen LogP contribution is 2.23. The maximum atomic E-state index is 12.4. The molecule has 1 atom stereocenters. The number of pyridine rings is 1. The average molecular weight is 422 g/mol. The van der Waals surface area contributed by atoms with Gasteiger partial charge in [-0.05, 0) is 74.0 Å². The molecule has 0 fully saturated rings. The summed E-state index contributed by atoms with van der Waals surface area (Å²) in [5, 5.41) is 2.87. The van der Waals surface area contributed by atoms with Gasteiger partial charge in [0.15, 0.2) is 6.10 Å². The van der Waals surface area contributed by atoms with Gasteiger partial charge >= 0.3 is 0 Å². The number of benzene rings is 2. The number of ether oxygens (including phenoxy) is 4. The first kappa shape index (κ1) is 22.0. The molecule has 3 aromatic rings. The molecule has 1 aromatic heterocycles. The van der Waals surface area contributed by atoms with E-state index in [1.807, 2.05) is 37.3 Å². The highest BCUT2D eigenvalue weighted by atomic mass is 16.5. The van der Waals surface area contributed by atoms with Crippen LogP contribution in [0.2, 0.25) is 0 Å². The lowest BCUT2D eigenvalue weighted by molar-refractivity contribution is -0.127. The summed E-state index contributed by atoms with van der Waals surface area (Å²) in [6.07, 6.45) is 0.998. The van der Waals surface area contributed by atoms with Crippen LogP contribution in [-0.4, -0.2) is 30.7 Å². The lowest BCUT2D eigenvalue weighted by Crippen LogP contribution is -2.35. The molecule has 1 unspecified atom stereocenters. The number of methoxy groups -OCH3 is 1. The number of nitrogens with zero attached hydrogens (tertiary/aromatic N) is 1. The van der Waals surface area contributed by atoms with Crippen molar-refractivity contribution in [2.24, 2.45) is 0 Å². The Labute approximate surface area is 181 Å². The molecule has 1 N–H and O–H groups in total. The van der Waals surface area contributed by atoms with Gasteiger partial charge in [0.1, 0.15) is 23.0 Å². The van der Waals surface area contributed by atoms with Gasteiger partial charge in [0.2, 0.25) is 5.88 Å². The first-order valence-electron chi connectivity index (χ1n) is 10.0. The molecule has 0 aliphatic carbocycles. The Morgan fingerprint density at radius 3 is 2.29 bits per heavy atom. The largest absolute Gasteiger partial charge is 0.497 e. The third kappa shape index (κ3) is 6.64. The smallest absolute Gasteiger partial charge is 0.261 e. The zero-order valence-corrected chi connectivity index (χ0v) is 17.8. The van der Waals surface area contributed by atoms with Crippen molar-refractivity contribution < 1.29 is 23.7 Å². The lowest BCUT2D eigenvalue weighted by Gasteiger charge is -2.15. The Morgan fingerprint density at radius 2 is 1.61 bits per heavy atom. The Balaban J connectivity index is 1.52. The van der Waals surface area contributed by atoms with Crippen LogP contribution in [0.5, 0.6) is 28.9 Å². The summed E-state index contributed by atoms with van der Waals surface area (Å²) in [5.41, 5.74) is 0.862. The van der Waals surface area contributed by atoms with Crippen LogP contribution >= 0.6 is 0 Å². The van der Waals surface area contributed by atoms with Gasteiger partial charge in [0.25, 0.3) is 5.91 Å². The molecule has 0 bridgehead atoms. The van der Waals surface area contributed by atoms with E-state index in [1.165, 1.54) is 0 Å². The summed E-state index contributed by atoms with van der Waals surface area (Å²) >= 11 is 0. The molecule has 31 heavy (non-hydrogen) atoms. The summed E-state index contributed by atoms with van der Waals surface area (Å²) in [4.78, 5) is 16.6. The average Bonchev–Trinajstić information content (AvgIpc) is 2.79. The molecule has 1 heterocycles. The summed E-state index contributed by atoms with van der Waals surface area (Å²) < 4.78 is 22.0. The van der Waals surface area contributed by atoms with Crippen LogP contribution in [0.25, 0.3) is 0 Å². The molecule has 162 valence electrons. The summed E-state index contributed by atoms with van der Waals surface area (Å²) in [6, 6.07) is 18.0. The topological polar surface area (TPSA) is 78.9 Å². The van der Waals surface area contributed by atoms with Crippen molar-refractivity contribution >= 4 is 5.91 Å². The van der Waals surface area contributed by atoms with Crippen LogP contribution in [0.1, 0.15) is 19.4 Å². The maximum Gasteiger partial charge on any atom is 0.261 e. The van der Waals surface area contributed by atoms with E-state index in [-0.39, 0.29) is 5.91 Å². The third-order valence-corrected chi connectivity index (χ3v) is 4.36. The second-order valence-electron chi connectivity index (χ2n) is 6.66. The number of amides is 1. The number of nitrogens with one attached hydrogen (secondary N) is 1. The second kappa shape index (κ2) is 10.9. The summed E-state index contributed by atoms with van der Waals surface area (Å²) in [5.74, 6) is 2.98. The van der Waals surface area contributed by atoms with Gasteiger partial charge in [-0.1, -0.05) is 0 Å². The number of hydrogen-bond donors (Lipinski definition) is 1. The number of hydrogen-bond acceptors (Lipinski definition) is 6. The van der Waals surface area contributed by atoms with E-state index in [0.717, 1.165) is 17.1 Å². The summed E-state index contributed by atoms with van der Waals surface area (Å²) in [7, 11) is 1.60. The van der Waals surface area contributed by atoms with Crippen LogP contribution < -0.4 is 24.3 Å². The van der Waals surface area contributed by atoms with E-state index >= 15 is 0 Å². The molecule has 0 spiro atoms.